The molecule has 0 saturated carbocycles. The van der Waals surface area contributed by atoms with Crippen molar-refractivity contribution in [1.82, 2.24) is 0 Å². The first kappa shape index (κ1) is 11.6. The first-order chi connectivity index (χ1) is 7.58. The summed E-state index contributed by atoms with van der Waals surface area (Å²) >= 11 is 0. The van der Waals surface area contributed by atoms with E-state index in [1.807, 2.05) is 13.8 Å². The van der Waals surface area contributed by atoms with Crippen molar-refractivity contribution in [2.24, 2.45) is 5.41 Å². The average molecular weight is 224 g/mol. The monoisotopic (exact) mass is 224 g/mol. The van der Waals surface area contributed by atoms with Crippen LogP contribution in [0.3, 0.4) is 0 Å². The van der Waals surface area contributed by atoms with Crippen LogP contribution in [0.2, 0.25) is 0 Å². The third-order valence-electron chi connectivity index (χ3n) is 2.58. The molecule has 0 amide bonds. The molecular formula is C12H16O4. The SMILES string of the molecule is C/C=C/C(O)C#CC12OCC(C)(CO1)CO2. The zero-order valence-corrected chi connectivity index (χ0v) is 9.53. The second kappa shape index (κ2) is 4.19. The Bertz CT molecular complexity index is 325. The van der Waals surface area contributed by atoms with E-state index in [-0.39, 0.29) is 5.41 Å². The molecule has 0 radical (unpaired) electrons. The lowest BCUT2D eigenvalue weighted by atomic mass is 9.92. The fourth-order valence-corrected chi connectivity index (χ4v) is 1.56. The Morgan fingerprint density at radius 2 is 1.81 bits per heavy atom. The van der Waals surface area contributed by atoms with Crippen LogP contribution in [-0.4, -0.2) is 37.0 Å². The van der Waals surface area contributed by atoms with E-state index in [1.54, 1.807) is 12.2 Å². The van der Waals surface area contributed by atoms with Gasteiger partial charge in [-0.3, -0.25) is 0 Å². The van der Waals surface area contributed by atoms with Crippen LogP contribution >= 0.6 is 0 Å². The van der Waals surface area contributed by atoms with E-state index in [1.165, 1.54) is 0 Å². The maximum Gasteiger partial charge on any atom is 0.353 e. The molecule has 1 N–H and O–H groups in total. The molecule has 0 aliphatic carbocycles. The predicted molar refractivity (Wildman–Crippen MR) is 57.3 cm³/mol. The second-order valence-electron chi connectivity index (χ2n) is 4.47. The molecule has 3 aliphatic rings. The Kier molecular flexibility index (Phi) is 3.04. The van der Waals surface area contributed by atoms with Gasteiger partial charge in [0.1, 0.15) is 6.10 Å². The van der Waals surface area contributed by atoms with Gasteiger partial charge in [0.15, 0.2) is 0 Å². The van der Waals surface area contributed by atoms with Crippen LogP contribution in [0.1, 0.15) is 13.8 Å². The highest BCUT2D eigenvalue weighted by Crippen LogP contribution is 2.37. The van der Waals surface area contributed by atoms with Gasteiger partial charge in [-0.2, -0.15) is 0 Å². The summed E-state index contributed by atoms with van der Waals surface area (Å²) in [5.74, 6) is 4.07. The Balaban J connectivity index is 2.05. The Morgan fingerprint density at radius 3 is 2.31 bits per heavy atom. The maximum atomic E-state index is 9.43. The fraction of sp³-hybridized carbons (Fsp3) is 0.667. The van der Waals surface area contributed by atoms with Gasteiger partial charge in [-0.25, -0.2) is 0 Å². The van der Waals surface area contributed by atoms with Crippen LogP contribution in [0.15, 0.2) is 12.2 Å². The fourth-order valence-electron chi connectivity index (χ4n) is 1.56. The number of aliphatic hydroxyl groups excluding tert-OH is 1. The van der Waals surface area contributed by atoms with Crippen molar-refractivity contribution in [2.75, 3.05) is 19.8 Å². The minimum absolute atomic E-state index is 0.0641. The number of allylic oxidation sites excluding steroid dienone is 1. The summed E-state index contributed by atoms with van der Waals surface area (Å²) < 4.78 is 16.3. The molecule has 3 rings (SSSR count). The summed E-state index contributed by atoms with van der Waals surface area (Å²) in [4.78, 5) is 0. The standard InChI is InChI=1S/C12H16O4/c1-3-4-10(13)5-6-12-14-7-11(2,8-15-12)9-16-12/h3-4,10,13H,7-9H2,1-2H3/b4-3+. The molecule has 1 unspecified atom stereocenters. The highest BCUT2D eigenvalue weighted by molar-refractivity contribution is 5.17. The number of hydrogen-bond acceptors (Lipinski definition) is 4. The van der Waals surface area contributed by atoms with Crippen molar-refractivity contribution >= 4 is 0 Å². The van der Waals surface area contributed by atoms with Crippen molar-refractivity contribution in [2.45, 2.75) is 25.9 Å². The molecule has 16 heavy (non-hydrogen) atoms. The molecule has 0 spiro atoms. The lowest BCUT2D eigenvalue weighted by molar-refractivity contribution is -0.436. The maximum absolute atomic E-state index is 9.43. The molecule has 3 saturated heterocycles. The lowest BCUT2D eigenvalue weighted by Gasteiger charge is -2.47. The van der Waals surface area contributed by atoms with Crippen LogP contribution in [0.25, 0.3) is 0 Å². The van der Waals surface area contributed by atoms with Gasteiger partial charge in [-0.1, -0.05) is 18.9 Å². The van der Waals surface area contributed by atoms with Gasteiger partial charge in [0.25, 0.3) is 0 Å². The van der Waals surface area contributed by atoms with Crippen LogP contribution < -0.4 is 0 Å². The Morgan fingerprint density at radius 1 is 1.25 bits per heavy atom. The first-order valence-corrected chi connectivity index (χ1v) is 5.33. The van der Waals surface area contributed by atoms with Gasteiger partial charge in [0, 0.05) is 5.41 Å². The summed E-state index contributed by atoms with van der Waals surface area (Å²) in [5.41, 5.74) is -0.0641. The molecule has 88 valence electrons. The molecule has 4 heteroatoms. The molecule has 0 aromatic heterocycles. The quantitative estimate of drug-likeness (QED) is 0.525. The topological polar surface area (TPSA) is 47.9 Å². The molecule has 0 aromatic carbocycles. The molecule has 3 fully saturated rings. The third kappa shape index (κ3) is 2.28. The number of rotatable bonds is 1. The van der Waals surface area contributed by atoms with Gasteiger partial charge < -0.3 is 19.3 Å². The van der Waals surface area contributed by atoms with Gasteiger partial charge in [-0.15, -0.1) is 0 Å². The number of hydrogen-bond donors (Lipinski definition) is 1. The van der Waals surface area contributed by atoms with E-state index in [0.29, 0.717) is 19.8 Å². The van der Waals surface area contributed by atoms with E-state index in [9.17, 15) is 5.11 Å². The van der Waals surface area contributed by atoms with Crippen molar-refractivity contribution in [3.05, 3.63) is 12.2 Å². The van der Waals surface area contributed by atoms with Crippen molar-refractivity contribution in [3.63, 3.8) is 0 Å². The number of fused-ring (bicyclic) bond motifs is 3. The largest absolute Gasteiger partial charge is 0.377 e. The normalized spacial score (nSPS) is 39.4. The molecule has 2 bridgehead atoms. The summed E-state index contributed by atoms with van der Waals surface area (Å²) in [5, 5.41) is 9.43. The summed E-state index contributed by atoms with van der Waals surface area (Å²) in [6.45, 7) is 5.57. The summed E-state index contributed by atoms with van der Waals surface area (Å²) in [6, 6.07) is 0. The van der Waals surface area contributed by atoms with E-state index in [2.05, 4.69) is 11.8 Å². The smallest absolute Gasteiger partial charge is 0.353 e. The van der Waals surface area contributed by atoms with Gasteiger partial charge in [0.2, 0.25) is 0 Å². The van der Waals surface area contributed by atoms with E-state index in [4.69, 9.17) is 14.2 Å². The van der Waals surface area contributed by atoms with Gasteiger partial charge >= 0.3 is 5.97 Å². The lowest BCUT2D eigenvalue weighted by Crippen LogP contribution is -2.58. The minimum atomic E-state index is -1.26. The van der Waals surface area contributed by atoms with Crippen molar-refractivity contribution in [3.8, 4) is 11.8 Å². The zero-order valence-electron chi connectivity index (χ0n) is 9.53. The highest BCUT2D eigenvalue weighted by Gasteiger charge is 2.49. The van der Waals surface area contributed by atoms with Crippen LogP contribution in [0.4, 0.5) is 0 Å². The molecule has 3 heterocycles. The van der Waals surface area contributed by atoms with Crippen LogP contribution in [-0.2, 0) is 14.2 Å². The molecule has 0 aromatic rings. The van der Waals surface area contributed by atoms with E-state index < -0.39 is 12.1 Å². The van der Waals surface area contributed by atoms with Crippen molar-refractivity contribution in [1.29, 1.82) is 0 Å². The second-order valence-corrected chi connectivity index (χ2v) is 4.47. The van der Waals surface area contributed by atoms with Crippen LogP contribution in [0.5, 0.6) is 0 Å². The Hall–Kier alpha value is -0.860. The number of ether oxygens (including phenoxy) is 3. The van der Waals surface area contributed by atoms with Crippen molar-refractivity contribution < 1.29 is 19.3 Å². The Labute approximate surface area is 95.2 Å². The average Bonchev–Trinajstić information content (AvgIpc) is 2.29. The molecular weight excluding hydrogens is 208 g/mol. The minimum Gasteiger partial charge on any atom is -0.377 e. The third-order valence-corrected chi connectivity index (χ3v) is 2.58. The highest BCUT2D eigenvalue weighted by atomic mass is 16.9. The number of aliphatic hydroxyl groups is 1. The van der Waals surface area contributed by atoms with Gasteiger partial charge in [0.05, 0.1) is 19.8 Å². The molecule has 3 aliphatic heterocycles. The molecule has 1 atom stereocenters. The zero-order chi connectivity index (χ0) is 11.6. The van der Waals surface area contributed by atoms with E-state index >= 15 is 0 Å². The first-order valence-electron chi connectivity index (χ1n) is 5.33. The van der Waals surface area contributed by atoms with E-state index in [0.717, 1.165) is 0 Å². The summed E-state index contributed by atoms with van der Waals surface area (Å²) in [7, 11) is 0. The predicted octanol–water partition coefficient (Wildman–Crippen LogP) is 0.664. The summed E-state index contributed by atoms with van der Waals surface area (Å²) in [6.07, 6.45) is 2.50. The molecule has 4 nitrogen and oxygen atoms in total. The van der Waals surface area contributed by atoms with Gasteiger partial charge in [-0.05, 0) is 18.9 Å². The van der Waals surface area contributed by atoms with Crippen LogP contribution in [0, 0.1) is 17.3 Å².